The highest BCUT2D eigenvalue weighted by molar-refractivity contribution is 6.39. The molecule has 1 fully saturated rings. The van der Waals surface area contributed by atoms with Gasteiger partial charge in [0.2, 0.25) is 11.8 Å². The van der Waals surface area contributed by atoms with Crippen molar-refractivity contribution < 1.29 is 19.2 Å². The van der Waals surface area contributed by atoms with Crippen LogP contribution in [-0.2, 0) is 19.2 Å². The number of amides is 4. The molecule has 1 saturated heterocycles. The number of piperidine rings is 1. The monoisotopic (exact) mass is 501 g/mol. The first-order valence-electron chi connectivity index (χ1n) is 11.1. The fourth-order valence-electron chi connectivity index (χ4n) is 3.65. The molecule has 4 amide bonds. The third-order valence-electron chi connectivity index (χ3n) is 5.59. The zero-order valence-corrected chi connectivity index (χ0v) is 20.3. The molecule has 3 rings (SSSR count). The smallest absolute Gasteiger partial charge is 0.314 e. The lowest BCUT2D eigenvalue weighted by molar-refractivity contribution is -0.138. The largest absolute Gasteiger partial charge is 0.371 e. The van der Waals surface area contributed by atoms with Gasteiger partial charge in [-0.25, -0.2) is 4.98 Å². The van der Waals surface area contributed by atoms with Crippen LogP contribution in [0.5, 0.6) is 0 Å². The zero-order chi connectivity index (χ0) is 25.4. The van der Waals surface area contributed by atoms with Crippen LogP contribution in [-0.4, -0.2) is 78.3 Å². The summed E-state index contributed by atoms with van der Waals surface area (Å²) in [6, 6.07) is 5.81. The molecular formula is C23H28ClN7O4. The Balaban J connectivity index is 1.53. The molecule has 0 unspecified atom stereocenters. The molecule has 2 aromatic heterocycles. The first kappa shape index (κ1) is 25.9. The minimum absolute atomic E-state index is 0.155. The third kappa shape index (κ3) is 7.38. The Morgan fingerprint density at radius 1 is 1.09 bits per heavy atom. The minimum Gasteiger partial charge on any atom is -0.371 e. The van der Waals surface area contributed by atoms with Crippen LogP contribution in [0.15, 0.2) is 42.9 Å². The summed E-state index contributed by atoms with van der Waals surface area (Å²) in [5.74, 6) is -2.68. The molecule has 12 heteroatoms. The predicted octanol–water partition coefficient (Wildman–Crippen LogP) is 0.674. The van der Waals surface area contributed by atoms with Crippen LogP contribution in [0.2, 0.25) is 5.02 Å². The highest BCUT2D eigenvalue weighted by Crippen LogP contribution is 2.23. The number of carbonyl (C=O) groups excluding carboxylic acids is 4. The number of nitrogens with one attached hydrogen (secondary N) is 3. The number of halogens is 1. The van der Waals surface area contributed by atoms with E-state index in [0.717, 1.165) is 5.69 Å². The van der Waals surface area contributed by atoms with Crippen molar-refractivity contribution in [3.8, 4) is 0 Å². The summed E-state index contributed by atoms with van der Waals surface area (Å²) in [4.78, 5) is 61.3. The molecule has 2 aromatic rings. The molecule has 1 aliphatic rings. The van der Waals surface area contributed by atoms with Gasteiger partial charge in [0, 0.05) is 63.9 Å². The van der Waals surface area contributed by atoms with Crippen LogP contribution < -0.4 is 20.9 Å². The Morgan fingerprint density at radius 2 is 1.77 bits per heavy atom. The lowest BCUT2D eigenvalue weighted by atomic mass is 9.95. The van der Waals surface area contributed by atoms with Gasteiger partial charge in [-0.15, -0.1) is 0 Å². The second kappa shape index (κ2) is 12.1. The Kier molecular flexibility index (Phi) is 8.96. The van der Waals surface area contributed by atoms with Crippen molar-refractivity contribution in [1.29, 1.82) is 0 Å². The Labute approximate surface area is 208 Å². The standard InChI is InChI=1S/C23H28ClN7O4/c1-30(2)23(35)18(14-27-21(33)22(34)29-19-4-3-16(24)13-26-19)28-20(32)15-7-11-31(12-8-15)17-5-9-25-10-6-17/h3-6,9-10,13,15,18H,7-8,11-12,14H2,1-2H3,(H,27,33)(H,28,32)(H,26,29,34)/t18-/m0/s1. The molecule has 0 radical (unpaired) electrons. The number of likely N-dealkylation sites (N-methyl/N-ethyl adjacent to an activating group) is 1. The van der Waals surface area contributed by atoms with E-state index < -0.39 is 23.8 Å². The van der Waals surface area contributed by atoms with Gasteiger partial charge in [-0.3, -0.25) is 24.2 Å². The van der Waals surface area contributed by atoms with Gasteiger partial charge in [-0.2, -0.15) is 0 Å². The molecule has 1 aliphatic heterocycles. The van der Waals surface area contributed by atoms with Crippen LogP contribution in [0, 0.1) is 5.92 Å². The van der Waals surface area contributed by atoms with E-state index in [0.29, 0.717) is 31.0 Å². The zero-order valence-electron chi connectivity index (χ0n) is 19.5. The van der Waals surface area contributed by atoms with Crippen molar-refractivity contribution >= 4 is 46.7 Å². The first-order valence-corrected chi connectivity index (χ1v) is 11.5. The number of carbonyl (C=O) groups is 4. The SMILES string of the molecule is CN(C)C(=O)[C@H](CNC(=O)C(=O)Nc1ccc(Cl)cn1)NC(=O)C1CCN(c2ccncc2)CC1. The van der Waals surface area contributed by atoms with E-state index >= 15 is 0 Å². The predicted molar refractivity (Wildman–Crippen MR) is 131 cm³/mol. The molecular weight excluding hydrogens is 474 g/mol. The van der Waals surface area contributed by atoms with E-state index in [1.54, 1.807) is 26.5 Å². The Morgan fingerprint density at radius 3 is 2.37 bits per heavy atom. The topological polar surface area (TPSA) is 137 Å². The van der Waals surface area contributed by atoms with Crippen LogP contribution in [0.4, 0.5) is 11.5 Å². The van der Waals surface area contributed by atoms with E-state index in [4.69, 9.17) is 11.6 Å². The normalized spacial score (nSPS) is 14.5. The van der Waals surface area contributed by atoms with Gasteiger partial charge in [-0.05, 0) is 37.1 Å². The summed E-state index contributed by atoms with van der Waals surface area (Å²) < 4.78 is 0. The highest BCUT2D eigenvalue weighted by atomic mass is 35.5. The van der Waals surface area contributed by atoms with Crippen molar-refractivity contribution in [2.45, 2.75) is 18.9 Å². The molecule has 11 nitrogen and oxygen atoms in total. The molecule has 35 heavy (non-hydrogen) atoms. The van der Waals surface area contributed by atoms with Gasteiger partial charge in [0.1, 0.15) is 11.9 Å². The van der Waals surface area contributed by atoms with Crippen molar-refractivity contribution in [3.63, 3.8) is 0 Å². The van der Waals surface area contributed by atoms with Gasteiger partial charge in [0.25, 0.3) is 0 Å². The number of hydrogen-bond acceptors (Lipinski definition) is 7. The van der Waals surface area contributed by atoms with Gasteiger partial charge >= 0.3 is 11.8 Å². The minimum atomic E-state index is -1.01. The van der Waals surface area contributed by atoms with Gasteiger partial charge in [0.05, 0.1) is 5.02 Å². The highest BCUT2D eigenvalue weighted by Gasteiger charge is 2.30. The fraction of sp³-hybridized carbons (Fsp3) is 0.391. The van der Waals surface area contributed by atoms with E-state index in [2.05, 4.69) is 30.8 Å². The molecule has 1 atom stereocenters. The number of hydrogen-bond donors (Lipinski definition) is 3. The summed E-state index contributed by atoms with van der Waals surface area (Å²) >= 11 is 5.75. The van der Waals surface area contributed by atoms with E-state index in [1.807, 2.05) is 12.1 Å². The van der Waals surface area contributed by atoms with Crippen molar-refractivity contribution in [1.82, 2.24) is 25.5 Å². The van der Waals surface area contributed by atoms with Gasteiger partial charge in [0.15, 0.2) is 0 Å². The molecule has 0 spiro atoms. The molecule has 0 saturated carbocycles. The summed E-state index contributed by atoms with van der Waals surface area (Å²) in [6.45, 7) is 1.16. The van der Waals surface area contributed by atoms with Crippen molar-refractivity contribution in [2.24, 2.45) is 5.92 Å². The Hall–Kier alpha value is -3.73. The maximum Gasteiger partial charge on any atom is 0.314 e. The van der Waals surface area contributed by atoms with Crippen molar-refractivity contribution in [3.05, 3.63) is 47.9 Å². The van der Waals surface area contributed by atoms with Crippen LogP contribution in [0.3, 0.4) is 0 Å². The summed E-state index contributed by atoms with van der Waals surface area (Å²) in [6.07, 6.45) is 6.04. The number of pyridine rings is 2. The maximum atomic E-state index is 12.9. The van der Waals surface area contributed by atoms with Gasteiger partial charge in [-0.1, -0.05) is 11.6 Å². The maximum absolute atomic E-state index is 12.9. The van der Waals surface area contributed by atoms with Crippen molar-refractivity contribution in [2.75, 3.05) is 43.9 Å². The quantitative estimate of drug-likeness (QED) is 0.474. The molecule has 0 bridgehead atoms. The average Bonchev–Trinajstić information content (AvgIpc) is 2.87. The molecule has 0 aromatic carbocycles. The number of anilines is 2. The number of aromatic nitrogens is 2. The van der Waals surface area contributed by atoms with E-state index in [1.165, 1.54) is 23.2 Å². The second-order valence-electron chi connectivity index (χ2n) is 8.29. The molecule has 0 aliphatic carbocycles. The van der Waals surface area contributed by atoms with E-state index in [9.17, 15) is 19.2 Å². The summed E-state index contributed by atoms with van der Waals surface area (Å²) in [5.41, 5.74) is 1.05. The lowest BCUT2D eigenvalue weighted by Crippen LogP contribution is -2.55. The fourth-order valence-corrected chi connectivity index (χ4v) is 3.77. The second-order valence-corrected chi connectivity index (χ2v) is 8.72. The number of nitrogens with zero attached hydrogens (tertiary/aromatic N) is 4. The molecule has 3 N–H and O–H groups in total. The number of rotatable bonds is 7. The van der Waals surface area contributed by atoms with Crippen LogP contribution in [0.25, 0.3) is 0 Å². The van der Waals surface area contributed by atoms with E-state index in [-0.39, 0.29) is 24.2 Å². The average molecular weight is 502 g/mol. The van der Waals surface area contributed by atoms with Gasteiger partial charge < -0.3 is 25.8 Å². The van der Waals surface area contributed by atoms with Crippen LogP contribution in [0.1, 0.15) is 12.8 Å². The Bertz CT molecular complexity index is 1040. The first-order chi connectivity index (χ1) is 16.7. The lowest BCUT2D eigenvalue weighted by Gasteiger charge is -2.33. The molecule has 186 valence electrons. The third-order valence-corrected chi connectivity index (χ3v) is 5.81. The molecule has 3 heterocycles. The summed E-state index contributed by atoms with van der Waals surface area (Å²) in [5, 5.41) is 7.87. The van der Waals surface area contributed by atoms with Crippen LogP contribution >= 0.6 is 11.6 Å². The summed E-state index contributed by atoms with van der Waals surface area (Å²) in [7, 11) is 3.10.